The predicted molar refractivity (Wildman–Crippen MR) is 75.7 cm³/mol. The van der Waals surface area contributed by atoms with Crippen LogP contribution >= 0.6 is 12.2 Å². The molecule has 0 saturated heterocycles. The second kappa shape index (κ2) is 4.43. The van der Waals surface area contributed by atoms with Gasteiger partial charge in [-0.3, -0.25) is 0 Å². The average Bonchev–Trinajstić information content (AvgIpc) is 2.91. The Morgan fingerprint density at radius 3 is 2.89 bits per heavy atom. The number of H-pyrrole nitrogens is 1. The van der Waals surface area contributed by atoms with Crippen molar-refractivity contribution in [1.29, 1.82) is 0 Å². The zero-order valence-corrected chi connectivity index (χ0v) is 11.6. The largest absolute Gasteiger partial charge is 0.494 e. The van der Waals surface area contributed by atoms with Crippen molar-refractivity contribution in [2.24, 2.45) is 5.92 Å². The third-order valence-electron chi connectivity index (χ3n) is 3.97. The normalized spacial score (nSPS) is 23.7. The van der Waals surface area contributed by atoms with E-state index in [-0.39, 0.29) is 0 Å². The molecule has 2 atom stereocenters. The third kappa shape index (κ3) is 1.75. The van der Waals surface area contributed by atoms with E-state index in [1.807, 2.05) is 12.1 Å². The molecular weight excluding hydrogens is 244 g/mol. The van der Waals surface area contributed by atoms with Crippen LogP contribution in [0.2, 0.25) is 0 Å². The zero-order chi connectivity index (χ0) is 12.7. The first-order chi connectivity index (χ1) is 8.70. The molecule has 1 heterocycles. The van der Waals surface area contributed by atoms with Gasteiger partial charge in [0, 0.05) is 6.04 Å². The monoisotopic (exact) mass is 262 g/mol. The lowest BCUT2D eigenvalue weighted by molar-refractivity contribution is 0.419. The standard InChI is InChI=1S/C14H18N2OS/c1-9-6-7-10(8-9)16-11-4-3-5-12(17-2)13(11)15-14(16)18/h3-5,9-10H,6-8H2,1-2H3,(H,15,18). The molecule has 3 rings (SSSR count). The Morgan fingerprint density at radius 1 is 1.39 bits per heavy atom. The number of benzene rings is 1. The predicted octanol–water partition coefficient (Wildman–Crippen LogP) is 4.07. The van der Waals surface area contributed by atoms with Crippen molar-refractivity contribution in [1.82, 2.24) is 9.55 Å². The summed E-state index contributed by atoms with van der Waals surface area (Å²) in [6.45, 7) is 2.32. The number of nitrogens with zero attached hydrogens (tertiary/aromatic N) is 1. The number of hydrogen-bond acceptors (Lipinski definition) is 2. The third-order valence-corrected chi connectivity index (χ3v) is 4.27. The quantitative estimate of drug-likeness (QED) is 0.827. The molecule has 0 spiro atoms. The van der Waals surface area contributed by atoms with Crippen LogP contribution in [-0.4, -0.2) is 16.7 Å². The maximum atomic E-state index is 5.49. The van der Waals surface area contributed by atoms with Gasteiger partial charge in [0.25, 0.3) is 0 Å². The Hall–Kier alpha value is -1.29. The summed E-state index contributed by atoms with van der Waals surface area (Å²) < 4.78 is 8.48. The van der Waals surface area contributed by atoms with Gasteiger partial charge in [0.2, 0.25) is 0 Å². The minimum atomic E-state index is 0.536. The lowest BCUT2D eigenvalue weighted by atomic mass is 10.1. The molecule has 18 heavy (non-hydrogen) atoms. The van der Waals surface area contributed by atoms with Crippen LogP contribution < -0.4 is 4.74 Å². The summed E-state index contributed by atoms with van der Waals surface area (Å²) >= 11 is 5.49. The highest BCUT2D eigenvalue weighted by atomic mass is 32.1. The Balaban J connectivity index is 2.17. The number of aromatic nitrogens is 2. The number of aromatic amines is 1. The van der Waals surface area contributed by atoms with Gasteiger partial charge in [-0.05, 0) is 49.5 Å². The summed E-state index contributed by atoms with van der Waals surface area (Å²) in [7, 11) is 1.70. The van der Waals surface area contributed by atoms with Crippen molar-refractivity contribution in [2.45, 2.75) is 32.2 Å². The second-order valence-corrected chi connectivity index (χ2v) is 5.61. The minimum Gasteiger partial charge on any atom is -0.494 e. The highest BCUT2D eigenvalue weighted by Gasteiger charge is 2.25. The highest BCUT2D eigenvalue weighted by molar-refractivity contribution is 7.71. The van der Waals surface area contributed by atoms with Crippen LogP contribution in [0.1, 0.15) is 32.2 Å². The molecular formula is C14H18N2OS. The molecule has 4 heteroatoms. The SMILES string of the molecule is COc1cccc2c1[nH]c(=S)n2C1CCC(C)C1. The van der Waals surface area contributed by atoms with Gasteiger partial charge in [-0.1, -0.05) is 13.0 Å². The number of para-hydroxylation sites is 1. The summed E-state index contributed by atoms with van der Waals surface area (Å²) in [4.78, 5) is 3.29. The van der Waals surface area contributed by atoms with Crippen LogP contribution in [0.25, 0.3) is 11.0 Å². The maximum absolute atomic E-state index is 5.49. The van der Waals surface area contributed by atoms with Gasteiger partial charge in [0.15, 0.2) is 4.77 Å². The number of methoxy groups -OCH3 is 1. The molecule has 2 unspecified atom stereocenters. The van der Waals surface area contributed by atoms with E-state index in [1.165, 1.54) is 24.8 Å². The van der Waals surface area contributed by atoms with E-state index in [0.717, 1.165) is 22.0 Å². The van der Waals surface area contributed by atoms with Crippen LogP contribution in [0.5, 0.6) is 5.75 Å². The molecule has 0 aliphatic heterocycles. The van der Waals surface area contributed by atoms with E-state index in [1.54, 1.807) is 7.11 Å². The molecule has 2 aromatic rings. The fourth-order valence-electron chi connectivity index (χ4n) is 3.07. The molecule has 0 bridgehead atoms. The Bertz CT molecular complexity index is 628. The van der Waals surface area contributed by atoms with Crippen LogP contribution in [0.4, 0.5) is 0 Å². The van der Waals surface area contributed by atoms with Crippen molar-refractivity contribution < 1.29 is 4.74 Å². The number of ether oxygens (including phenoxy) is 1. The fraction of sp³-hybridized carbons (Fsp3) is 0.500. The summed E-state index contributed by atoms with van der Waals surface area (Å²) in [6, 6.07) is 6.65. The van der Waals surface area contributed by atoms with Gasteiger partial charge in [-0.15, -0.1) is 0 Å². The minimum absolute atomic E-state index is 0.536. The molecule has 0 radical (unpaired) electrons. The van der Waals surface area contributed by atoms with Gasteiger partial charge in [0.1, 0.15) is 11.3 Å². The molecule has 96 valence electrons. The lowest BCUT2D eigenvalue weighted by Gasteiger charge is -2.13. The summed E-state index contributed by atoms with van der Waals surface area (Å²) in [5.41, 5.74) is 2.18. The van der Waals surface area contributed by atoms with Crippen molar-refractivity contribution in [3.8, 4) is 5.75 Å². The van der Waals surface area contributed by atoms with Gasteiger partial charge in [-0.2, -0.15) is 0 Å². The van der Waals surface area contributed by atoms with Crippen molar-refractivity contribution >= 4 is 23.3 Å². The zero-order valence-electron chi connectivity index (χ0n) is 10.8. The van der Waals surface area contributed by atoms with Crippen LogP contribution in [0.15, 0.2) is 18.2 Å². The van der Waals surface area contributed by atoms with E-state index in [0.29, 0.717) is 6.04 Å². The van der Waals surface area contributed by atoms with Gasteiger partial charge < -0.3 is 14.3 Å². The summed E-state index contributed by atoms with van der Waals surface area (Å²) in [5.74, 6) is 1.66. The summed E-state index contributed by atoms with van der Waals surface area (Å²) in [6.07, 6.45) is 3.74. The molecule has 0 amide bonds. The number of imidazole rings is 1. The lowest BCUT2D eigenvalue weighted by Crippen LogP contribution is -2.05. The van der Waals surface area contributed by atoms with E-state index in [2.05, 4.69) is 22.5 Å². The Labute approximate surface area is 112 Å². The topological polar surface area (TPSA) is 29.9 Å². The van der Waals surface area contributed by atoms with Gasteiger partial charge >= 0.3 is 0 Å². The average molecular weight is 262 g/mol. The first-order valence-electron chi connectivity index (χ1n) is 6.48. The maximum Gasteiger partial charge on any atom is 0.178 e. The van der Waals surface area contributed by atoms with E-state index < -0.39 is 0 Å². The smallest absolute Gasteiger partial charge is 0.178 e. The van der Waals surface area contributed by atoms with Crippen LogP contribution in [0.3, 0.4) is 0 Å². The van der Waals surface area contributed by atoms with Crippen molar-refractivity contribution in [2.75, 3.05) is 7.11 Å². The van der Waals surface area contributed by atoms with Gasteiger partial charge in [0.05, 0.1) is 12.6 Å². The molecule has 1 aliphatic carbocycles. The Kier molecular flexibility index (Phi) is 2.90. The van der Waals surface area contributed by atoms with Crippen LogP contribution in [0, 0.1) is 10.7 Å². The number of nitrogens with one attached hydrogen (secondary N) is 1. The molecule has 1 saturated carbocycles. The van der Waals surface area contributed by atoms with Crippen LogP contribution in [-0.2, 0) is 0 Å². The molecule has 3 nitrogen and oxygen atoms in total. The Morgan fingerprint density at radius 2 is 2.22 bits per heavy atom. The summed E-state index contributed by atoms with van der Waals surface area (Å²) in [5, 5.41) is 0. The van der Waals surface area contributed by atoms with Crippen molar-refractivity contribution in [3.05, 3.63) is 23.0 Å². The number of hydrogen-bond donors (Lipinski definition) is 1. The molecule has 1 aromatic heterocycles. The van der Waals surface area contributed by atoms with E-state index in [4.69, 9.17) is 17.0 Å². The van der Waals surface area contributed by atoms with E-state index >= 15 is 0 Å². The van der Waals surface area contributed by atoms with Gasteiger partial charge in [-0.25, -0.2) is 0 Å². The van der Waals surface area contributed by atoms with E-state index in [9.17, 15) is 0 Å². The van der Waals surface area contributed by atoms with Crippen molar-refractivity contribution in [3.63, 3.8) is 0 Å². The molecule has 1 N–H and O–H groups in total. The molecule has 1 aliphatic rings. The first-order valence-corrected chi connectivity index (χ1v) is 6.88. The molecule has 1 aromatic carbocycles. The number of rotatable bonds is 2. The highest BCUT2D eigenvalue weighted by Crippen LogP contribution is 2.37. The number of fused-ring (bicyclic) bond motifs is 1. The second-order valence-electron chi connectivity index (χ2n) is 5.23. The fourth-order valence-corrected chi connectivity index (χ4v) is 3.42. The first kappa shape index (κ1) is 11.8. The molecule has 1 fully saturated rings.